The van der Waals surface area contributed by atoms with E-state index >= 15 is 0 Å². The minimum absolute atomic E-state index is 0.0378. The molecule has 2 amide bonds. The van der Waals surface area contributed by atoms with Crippen LogP contribution in [-0.2, 0) is 0 Å². The van der Waals surface area contributed by atoms with Gasteiger partial charge in [0.05, 0.1) is 0 Å². The first-order valence-corrected chi connectivity index (χ1v) is 6.69. The van der Waals surface area contributed by atoms with E-state index in [0.717, 1.165) is 0 Å². The second kappa shape index (κ2) is 6.92. The minimum atomic E-state index is -0.149. The second-order valence-corrected chi connectivity index (χ2v) is 4.69. The van der Waals surface area contributed by atoms with Crippen LogP contribution in [0.2, 0.25) is 0 Å². The number of benzene rings is 1. The van der Waals surface area contributed by atoms with Crippen LogP contribution in [0.4, 0.5) is 0 Å². The van der Waals surface area contributed by atoms with Crippen LogP contribution in [0.3, 0.4) is 0 Å². The van der Waals surface area contributed by atoms with Gasteiger partial charge in [0.15, 0.2) is 0 Å². The van der Waals surface area contributed by atoms with Crippen LogP contribution in [-0.4, -0.2) is 35.8 Å². The van der Waals surface area contributed by atoms with Gasteiger partial charge in [-0.05, 0) is 45.9 Å². The highest BCUT2D eigenvalue weighted by molar-refractivity contribution is 5.99. The highest BCUT2D eigenvalue weighted by Crippen LogP contribution is 2.09. The third kappa shape index (κ3) is 4.09. The molecule has 0 heterocycles. The standard InChI is InChI=1S/C15H22N2O2/c1-5-17(6-2)15(19)13-9-7-8-12(10-13)14(18)16-11(3)4/h7-11H,5-6H2,1-4H3,(H,16,18). The largest absolute Gasteiger partial charge is 0.350 e. The maximum atomic E-state index is 12.2. The van der Waals surface area contributed by atoms with Gasteiger partial charge < -0.3 is 10.2 Å². The zero-order valence-corrected chi connectivity index (χ0v) is 12.1. The molecule has 4 heteroatoms. The van der Waals surface area contributed by atoms with Gasteiger partial charge in [0, 0.05) is 30.3 Å². The van der Waals surface area contributed by atoms with Crippen LogP contribution in [0.1, 0.15) is 48.4 Å². The predicted octanol–water partition coefficient (Wildman–Crippen LogP) is 2.31. The van der Waals surface area contributed by atoms with Crippen LogP contribution >= 0.6 is 0 Å². The monoisotopic (exact) mass is 262 g/mol. The Bertz CT molecular complexity index is 451. The summed E-state index contributed by atoms with van der Waals surface area (Å²) < 4.78 is 0. The fourth-order valence-corrected chi connectivity index (χ4v) is 1.83. The first-order chi connectivity index (χ1) is 8.99. The normalized spacial score (nSPS) is 10.4. The molecule has 0 radical (unpaired) electrons. The first kappa shape index (κ1) is 15.2. The van der Waals surface area contributed by atoms with E-state index in [1.807, 2.05) is 27.7 Å². The molecule has 1 rings (SSSR count). The lowest BCUT2D eigenvalue weighted by molar-refractivity contribution is 0.0773. The Labute approximate surface area is 114 Å². The number of hydrogen-bond donors (Lipinski definition) is 1. The molecule has 0 aliphatic carbocycles. The van der Waals surface area contributed by atoms with Crippen LogP contribution in [0.5, 0.6) is 0 Å². The summed E-state index contributed by atoms with van der Waals surface area (Å²) in [6.45, 7) is 9.02. The summed E-state index contributed by atoms with van der Waals surface area (Å²) >= 11 is 0. The second-order valence-electron chi connectivity index (χ2n) is 4.69. The van der Waals surface area contributed by atoms with Gasteiger partial charge in [-0.2, -0.15) is 0 Å². The molecule has 104 valence electrons. The summed E-state index contributed by atoms with van der Waals surface area (Å²) in [7, 11) is 0. The van der Waals surface area contributed by atoms with E-state index in [-0.39, 0.29) is 17.9 Å². The van der Waals surface area contributed by atoms with Gasteiger partial charge in [0.25, 0.3) is 11.8 Å². The number of hydrogen-bond acceptors (Lipinski definition) is 2. The van der Waals surface area contributed by atoms with Gasteiger partial charge in [0.2, 0.25) is 0 Å². The zero-order valence-electron chi connectivity index (χ0n) is 12.1. The molecular formula is C15H22N2O2. The molecule has 0 fully saturated rings. The van der Waals surface area contributed by atoms with Gasteiger partial charge in [-0.3, -0.25) is 9.59 Å². The average Bonchev–Trinajstić information content (AvgIpc) is 2.39. The smallest absolute Gasteiger partial charge is 0.253 e. The molecule has 0 aliphatic rings. The molecule has 0 unspecified atom stereocenters. The van der Waals surface area contributed by atoms with E-state index in [1.165, 1.54) is 0 Å². The molecule has 0 saturated heterocycles. The van der Waals surface area contributed by atoms with Crippen molar-refractivity contribution in [3.05, 3.63) is 35.4 Å². The molecule has 0 aromatic heterocycles. The summed E-state index contributed by atoms with van der Waals surface area (Å²) in [4.78, 5) is 25.8. The molecule has 1 aromatic rings. The molecule has 4 nitrogen and oxygen atoms in total. The van der Waals surface area contributed by atoms with Crippen LogP contribution in [0, 0.1) is 0 Å². The fraction of sp³-hybridized carbons (Fsp3) is 0.467. The van der Waals surface area contributed by atoms with Gasteiger partial charge in [-0.15, -0.1) is 0 Å². The summed E-state index contributed by atoms with van der Waals surface area (Å²) in [6.07, 6.45) is 0. The Kier molecular flexibility index (Phi) is 5.55. The average molecular weight is 262 g/mol. The van der Waals surface area contributed by atoms with E-state index in [9.17, 15) is 9.59 Å². The van der Waals surface area contributed by atoms with Gasteiger partial charge >= 0.3 is 0 Å². The lowest BCUT2D eigenvalue weighted by Crippen LogP contribution is -2.32. The molecule has 19 heavy (non-hydrogen) atoms. The van der Waals surface area contributed by atoms with Gasteiger partial charge in [-0.25, -0.2) is 0 Å². The van der Waals surface area contributed by atoms with Crippen molar-refractivity contribution in [1.82, 2.24) is 10.2 Å². The predicted molar refractivity (Wildman–Crippen MR) is 76.3 cm³/mol. The van der Waals surface area contributed by atoms with Crippen molar-refractivity contribution in [3.63, 3.8) is 0 Å². The number of amides is 2. The lowest BCUT2D eigenvalue weighted by atomic mass is 10.1. The number of carbonyl (C=O) groups is 2. The fourth-order valence-electron chi connectivity index (χ4n) is 1.83. The first-order valence-electron chi connectivity index (χ1n) is 6.69. The Morgan fingerprint density at radius 2 is 1.74 bits per heavy atom. The van der Waals surface area contributed by atoms with Gasteiger partial charge in [-0.1, -0.05) is 6.07 Å². The Balaban J connectivity index is 2.94. The third-order valence-electron chi connectivity index (χ3n) is 2.84. The molecule has 0 atom stereocenters. The van der Waals surface area contributed by atoms with Crippen LogP contribution in [0.15, 0.2) is 24.3 Å². The maximum Gasteiger partial charge on any atom is 0.253 e. The minimum Gasteiger partial charge on any atom is -0.350 e. The summed E-state index contributed by atoms with van der Waals surface area (Å²) in [5, 5.41) is 2.82. The van der Waals surface area contributed by atoms with E-state index in [4.69, 9.17) is 0 Å². The van der Waals surface area contributed by atoms with Crippen molar-refractivity contribution < 1.29 is 9.59 Å². The molecule has 0 aliphatic heterocycles. The number of carbonyl (C=O) groups excluding carboxylic acids is 2. The molecule has 1 aromatic carbocycles. The van der Waals surface area contributed by atoms with Crippen molar-refractivity contribution in [2.45, 2.75) is 33.7 Å². The number of nitrogens with one attached hydrogen (secondary N) is 1. The zero-order chi connectivity index (χ0) is 14.4. The molecule has 0 bridgehead atoms. The van der Waals surface area contributed by atoms with Crippen molar-refractivity contribution >= 4 is 11.8 Å². The molecule has 1 N–H and O–H groups in total. The number of nitrogens with zero attached hydrogens (tertiary/aromatic N) is 1. The number of rotatable bonds is 5. The Morgan fingerprint density at radius 3 is 2.26 bits per heavy atom. The van der Waals surface area contributed by atoms with E-state index < -0.39 is 0 Å². The summed E-state index contributed by atoms with van der Waals surface area (Å²) in [5.74, 6) is -0.187. The van der Waals surface area contributed by atoms with Crippen molar-refractivity contribution in [2.75, 3.05) is 13.1 Å². The maximum absolute atomic E-state index is 12.2. The van der Waals surface area contributed by atoms with E-state index in [1.54, 1.807) is 29.2 Å². The van der Waals surface area contributed by atoms with Gasteiger partial charge in [0.1, 0.15) is 0 Å². The van der Waals surface area contributed by atoms with Crippen molar-refractivity contribution in [2.24, 2.45) is 0 Å². The summed E-state index contributed by atoms with van der Waals surface area (Å²) in [6, 6.07) is 6.93. The highest BCUT2D eigenvalue weighted by atomic mass is 16.2. The lowest BCUT2D eigenvalue weighted by Gasteiger charge is -2.19. The SMILES string of the molecule is CCN(CC)C(=O)c1cccc(C(=O)NC(C)C)c1. The highest BCUT2D eigenvalue weighted by Gasteiger charge is 2.14. The van der Waals surface area contributed by atoms with E-state index in [0.29, 0.717) is 24.2 Å². The molecule has 0 saturated carbocycles. The van der Waals surface area contributed by atoms with Crippen molar-refractivity contribution in [3.8, 4) is 0 Å². The van der Waals surface area contributed by atoms with Crippen molar-refractivity contribution in [1.29, 1.82) is 0 Å². The topological polar surface area (TPSA) is 49.4 Å². The van der Waals surface area contributed by atoms with Crippen LogP contribution < -0.4 is 5.32 Å². The summed E-state index contributed by atoms with van der Waals surface area (Å²) in [5.41, 5.74) is 1.08. The Hall–Kier alpha value is -1.84. The molecular weight excluding hydrogens is 240 g/mol. The van der Waals surface area contributed by atoms with E-state index in [2.05, 4.69) is 5.32 Å². The molecule has 0 spiro atoms. The third-order valence-corrected chi connectivity index (χ3v) is 2.84. The quantitative estimate of drug-likeness (QED) is 0.885. The Morgan fingerprint density at radius 1 is 1.16 bits per heavy atom. The van der Waals surface area contributed by atoms with Crippen LogP contribution in [0.25, 0.3) is 0 Å².